The molecule has 108 valence electrons. The maximum absolute atomic E-state index is 11.6. The number of amides is 1. The molecule has 0 aliphatic carbocycles. The van der Waals surface area contributed by atoms with Gasteiger partial charge in [-0.1, -0.05) is 54.1 Å². The van der Waals surface area contributed by atoms with Gasteiger partial charge in [0, 0.05) is 10.8 Å². The van der Waals surface area contributed by atoms with Crippen LogP contribution in [0.25, 0.3) is 0 Å². The van der Waals surface area contributed by atoms with Crippen LogP contribution in [0, 0.1) is 0 Å². The first kappa shape index (κ1) is 15.6. The van der Waals surface area contributed by atoms with Crippen molar-refractivity contribution in [3.05, 3.63) is 70.7 Å². The van der Waals surface area contributed by atoms with E-state index in [4.69, 9.17) is 11.6 Å². The molecule has 0 unspecified atom stereocenters. The number of rotatable bonds is 6. The Hall–Kier alpha value is -1.78. The molecule has 2 aromatic carbocycles. The maximum atomic E-state index is 11.6. The van der Waals surface area contributed by atoms with Gasteiger partial charge in [0.1, 0.15) is 0 Å². The number of carbonyl (C=O) groups is 1. The molecule has 1 N–H and O–H groups in total. The summed E-state index contributed by atoms with van der Waals surface area (Å²) in [6.07, 6.45) is 1.63. The van der Waals surface area contributed by atoms with E-state index in [-0.39, 0.29) is 5.91 Å². The van der Waals surface area contributed by atoms with Gasteiger partial charge in [0.25, 0.3) is 0 Å². The highest BCUT2D eigenvalue weighted by Gasteiger charge is 2.00. The van der Waals surface area contributed by atoms with Crippen LogP contribution in [0.4, 0.5) is 0 Å². The van der Waals surface area contributed by atoms with Gasteiger partial charge in [-0.3, -0.25) is 4.79 Å². The number of hydrogen-bond acceptors (Lipinski definition) is 3. The van der Waals surface area contributed by atoms with Crippen molar-refractivity contribution >= 4 is 35.5 Å². The minimum atomic E-state index is -0.110. The molecule has 0 aromatic heterocycles. The van der Waals surface area contributed by atoms with Crippen LogP contribution in [0.5, 0.6) is 0 Å². The van der Waals surface area contributed by atoms with Gasteiger partial charge in [-0.15, -0.1) is 11.8 Å². The zero-order chi connectivity index (χ0) is 14.9. The summed E-state index contributed by atoms with van der Waals surface area (Å²) in [5, 5.41) is 4.64. The fraction of sp³-hybridized carbons (Fsp3) is 0.125. The number of nitrogens with zero attached hydrogens (tertiary/aromatic N) is 1. The minimum absolute atomic E-state index is 0.110. The highest BCUT2D eigenvalue weighted by atomic mass is 35.5. The number of thioether (sulfide) groups is 1. The molecular formula is C16H15ClN2OS. The number of hydrogen-bond donors (Lipinski definition) is 1. The topological polar surface area (TPSA) is 41.5 Å². The Balaban J connectivity index is 1.68. The second-order valence-electron chi connectivity index (χ2n) is 4.32. The average Bonchev–Trinajstić information content (AvgIpc) is 2.50. The minimum Gasteiger partial charge on any atom is -0.272 e. The number of hydrazone groups is 1. The molecule has 5 heteroatoms. The smallest absolute Gasteiger partial charge is 0.250 e. The molecule has 0 fully saturated rings. The van der Waals surface area contributed by atoms with Crippen LogP contribution in [0.2, 0.25) is 5.02 Å². The van der Waals surface area contributed by atoms with Crippen LogP contribution < -0.4 is 5.43 Å². The monoisotopic (exact) mass is 318 g/mol. The largest absolute Gasteiger partial charge is 0.272 e. The fourth-order valence-corrected chi connectivity index (χ4v) is 2.50. The Kier molecular flexibility index (Phi) is 6.31. The van der Waals surface area contributed by atoms with Gasteiger partial charge in [0.15, 0.2) is 0 Å². The Morgan fingerprint density at radius 1 is 1.14 bits per heavy atom. The molecule has 2 aromatic rings. The molecule has 0 bridgehead atoms. The normalized spacial score (nSPS) is 10.7. The molecular weight excluding hydrogens is 304 g/mol. The standard InChI is InChI=1S/C16H15ClN2OS/c17-15-8-6-14(7-9-15)11-21-12-16(20)19-18-10-13-4-2-1-3-5-13/h1-10H,11-12H2,(H,19,20)/b18-10-. The quantitative estimate of drug-likeness (QED) is 0.651. The van der Waals surface area contributed by atoms with Crippen LogP contribution in [-0.4, -0.2) is 17.9 Å². The third kappa shape index (κ3) is 6.02. The van der Waals surface area contributed by atoms with E-state index in [1.165, 1.54) is 11.8 Å². The SMILES string of the molecule is O=C(CSCc1ccc(Cl)cc1)N/N=C\c1ccccc1. The molecule has 0 saturated carbocycles. The van der Waals surface area contributed by atoms with Gasteiger partial charge < -0.3 is 0 Å². The van der Waals surface area contributed by atoms with Crippen molar-refractivity contribution in [1.82, 2.24) is 5.43 Å². The van der Waals surface area contributed by atoms with Crippen LogP contribution in [0.3, 0.4) is 0 Å². The average molecular weight is 319 g/mol. The van der Waals surface area contributed by atoms with Gasteiger partial charge in [0.05, 0.1) is 12.0 Å². The summed E-state index contributed by atoms with van der Waals surface area (Å²) in [5.41, 5.74) is 4.61. The number of nitrogens with one attached hydrogen (secondary N) is 1. The molecule has 21 heavy (non-hydrogen) atoms. The Labute approximate surface area is 133 Å². The van der Waals surface area contributed by atoms with Crippen molar-refractivity contribution in [2.75, 3.05) is 5.75 Å². The third-order valence-corrected chi connectivity index (χ3v) is 3.87. The van der Waals surface area contributed by atoms with Gasteiger partial charge in [0.2, 0.25) is 5.91 Å². The first-order valence-electron chi connectivity index (χ1n) is 6.43. The van der Waals surface area contributed by atoms with Crippen molar-refractivity contribution in [1.29, 1.82) is 0 Å². The first-order chi connectivity index (χ1) is 10.2. The van der Waals surface area contributed by atoms with Crippen molar-refractivity contribution in [3.8, 4) is 0 Å². The van der Waals surface area contributed by atoms with Crippen molar-refractivity contribution in [2.24, 2.45) is 5.10 Å². The van der Waals surface area contributed by atoms with Gasteiger partial charge in [-0.05, 0) is 23.3 Å². The molecule has 0 aliphatic heterocycles. The number of halogens is 1. The van der Waals surface area contributed by atoms with Crippen LogP contribution in [-0.2, 0) is 10.5 Å². The lowest BCUT2D eigenvalue weighted by Gasteiger charge is -2.01. The zero-order valence-corrected chi connectivity index (χ0v) is 12.9. The predicted molar refractivity (Wildman–Crippen MR) is 89.8 cm³/mol. The lowest BCUT2D eigenvalue weighted by atomic mass is 10.2. The van der Waals surface area contributed by atoms with E-state index in [1.807, 2.05) is 54.6 Å². The van der Waals surface area contributed by atoms with Crippen molar-refractivity contribution in [2.45, 2.75) is 5.75 Å². The van der Waals surface area contributed by atoms with Crippen molar-refractivity contribution in [3.63, 3.8) is 0 Å². The molecule has 0 atom stereocenters. The van der Waals surface area contributed by atoms with E-state index in [0.717, 1.165) is 21.9 Å². The molecule has 0 aliphatic rings. The summed E-state index contributed by atoms with van der Waals surface area (Å²) in [6.45, 7) is 0. The van der Waals surface area contributed by atoms with Gasteiger partial charge >= 0.3 is 0 Å². The molecule has 0 spiro atoms. The van der Waals surface area contributed by atoms with E-state index < -0.39 is 0 Å². The zero-order valence-electron chi connectivity index (χ0n) is 11.3. The van der Waals surface area contributed by atoms with Gasteiger partial charge in [-0.25, -0.2) is 5.43 Å². The van der Waals surface area contributed by atoms with E-state index in [9.17, 15) is 4.79 Å². The van der Waals surface area contributed by atoms with Gasteiger partial charge in [-0.2, -0.15) is 5.10 Å². The van der Waals surface area contributed by atoms with Crippen LogP contribution in [0.1, 0.15) is 11.1 Å². The molecule has 3 nitrogen and oxygen atoms in total. The number of benzene rings is 2. The summed E-state index contributed by atoms with van der Waals surface area (Å²) < 4.78 is 0. The molecule has 0 radical (unpaired) electrons. The first-order valence-corrected chi connectivity index (χ1v) is 7.96. The van der Waals surface area contributed by atoms with Crippen LogP contribution >= 0.6 is 23.4 Å². The maximum Gasteiger partial charge on any atom is 0.250 e. The molecule has 0 heterocycles. The van der Waals surface area contributed by atoms with E-state index in [0.29, 0.717) is 5.75 Å². The molecule has 1 amide bonds. The molecule has 2 rings (SSSR count). The Morgan fingerprint density at radius 2 is 1.86 bits per heavy atom. The van der Waals surface area contributed by atoms with E-state index >= 15 is 0 Å². The molecule has 0 saturated heterocycles. The Bertz CT molecular complexity index is 599. The lowest BCUT2D eigenvalue weighted by Crippen LogP contribution is -2.19. The lowest BCUT2D eigenvalue weighted by molar-refractivity contribution is -0.118. The van der Waals surface area contributed by atoms with E-state index in [2.05, 4.69) is 10.5 Å². The highest BCUT2D eigenvalue weighted by molar-refractivity contribution is 7.99. The summed E-state index contributed by atoms with van der Waals surface area (Å²) in [4.78, 5) is 11.6. The number of carbonyl (C=O) groups excluding carboxylic acids is 1. The predicted octanol–water partition coefficient (Wildman–Crippen LogP) is 3.72. The second kappa shape index (κ2) is 8.49. The summed E-state index contributed by atoms with van der Waals surface area (Å²) in [5.74, 6) is 1.03. The van der Waals surface area contributed by atoms with Crippen LogP contribution in [0.15, 0.2) is 59.7 Å². The fourth-order valence-electron chi connectivity index (χ4n) is 1.59. The summed E-state index contributed by atoms with van der Waals surface area (Å²) in [6, 6.07) is 17.2. The van der Waals surface area contributed by atoms with Crippen molar-refractivity contribution < 1.29 is 4.79 Å². The van der Waals surface area contributed by atoms with E-state index in [1.54, 1.807) is 6.21 Å². The second-order valence-corrected chi connectivity index (χ2v) is 5.75. The third-order valence-electron chi connectivity index (χ3n) is 2.62. The highest BCUT2D eigenvalue weighted by Crippen LogP contribution is 2.15. The summed E-state index contributed by atoms with van der Waals surface area (Å²) in [7, 11) is 0. The Morgan fingerprint density at radius 3 is 2.57 bits per heavy atom. The summed E-state index contributed by atoms with van der Waals surface area (Å²) >= 11 is 7.35.